The van der Waals surface area contributed by atoms with Crippen molar-refractivity contribution in [3.63, 3.8) is 0 Å². The Kier molecular flexibility index (Phi) is 4.05. The first-order valence-corrected chi connectivity index (χ1v) is 6.69. The van der Waals surface area contributed by atoms with Crippen molar-refractivity contribution in [2.75, 3.05) is 5.32 Å². The first-order chi connectivity index (χ1) is 8.99. The van der Waals surface area contributed by atoms with Crippen LogP contribution in [0.25, 0.3) is 0 Å². The molecular formula is C15H18ClN3. The Morgan fingerprint density at radius 2 is 1.79 bits per heavy atom. The SMILES string of the molecule is Cc1nc(Cl)c(C)c(NC(C)c2ccccc2C)n1. The monoisotopic (exact) mass is 275 g/mol. The van der Waals surface area contributed by atoms with Gasteiger partial charge in [-0.15, -0.1) is 0 Å². The average molecular weight is 276 g/mol. The predicted octanol–water partition coefficient (Wildman–Crippen LogP) is 4.23. The molecule has 1 aromatic heterocycles. The van der Waals surface area contributed by atoms with Gasteiger partial charge in [0.05, 0.1) is 6.04 Å². The summed E-state index contributed by atoms with van der Waals surface area (Å²) in [6.07, 6.45) is 0. The number of benzene rings is 1. The van der Waals surface area contributed by atoms with Crippen molar-refractivity contribution in [3.8, 4) is 0 Å². The van der Waals surface area contributed by atoms with Crippen molar-refractivity contribution in [2.45, 2.75) is 33.7 Å². The van der Waals surface area contributed by atoms with E-state index in [1.807, 2.05) is 26.0 Å². The van der Waals surface area contributed by atoms with Gasteiger partial charge in [-0.25, -0.2) is 9.97 Å². The molecule has 2 rings (SSSR count). The molecule has 19 heavy (non-hydrogen) atoms. The minimum atomic E-state index is 0.172. The van der Waals surface area contributed by atoms with E-state index in [4.69, 9.17) is 11.6 Å². The van der Waals surface area contributed by atoms with Crippen LogP contribution in [0.5, 0.6) is 0 Å². The number of rotatable bonds is 3. The summed E-state index contributed by atoms with van der Waals surface area (Å²) in [7, 11) is 0. The molecule has 2 aromatic rings. The standard InChI is InChI=1S/C15H18ClN3/c1-9-7-5-6-8-13(9)11(3)17-15-10(2)14(16)18-12(4)19-15/h5-8,11H,1-4H3,(H,17,18,19). The Bertz CT molecular complexity index is 596. The number of hydrogen-bond acceptors (Lipinski definition) is 3. The van der Waals surface area contributed by atoms with Gasteiger partial charge in [-0.3, -0.25) is 0 Å². The molecule has 1 heterocycles. The zero-order chi connectivity index (χ0) is 14.0. The number of aryl methyl sites for hydroxylation is 2. The number of aromatic nitrogens is 2. The molecule has 0 aliphatic carbocycles. The Hall–Kier alpha value is -1.61. The first-order valence-electron chi connectivity index (χ1n) is 6.32. The van der Waals surface area contributed by atoms with E-state index < -0.39 is 0 Å². The highest BCUT2D eigenvalue weighted by Crippen LogP contribution is 2.25. The van der Waals surface area contributed by atoms with Crippen LogP contribution < -0.4 is 5.32 Å². The van der Waals surface area contributed by atoms with Crippen LogP contribution in [0.3, 0.4) is 0 Å². The van der Waals surface area contributed by atoms with Crippen molar-refractivity contribution in [1.82, 2.24) is 9.97 Å². The highest BCUT2D eigenvalue weighted by molar-refractivity contribution is 6.30. The maximum Gasteiger partial charge on any atom is 0.137 e. The fraction of sp³-hybridized carbons (Fsp3) is 0.333. The zero-order valence-electron chi connectivity index (χ0n) is 11.7. The summed E-state index contributed by atoms with van der Waals surface area (Å²) in [5.74, 6) is 1.48. The summed E-state index contributed by atoms with van der Waals surface area (Å²) in [5, 5.41) is 3.92. The maximum absolute atomic E-state index is 6.09. The highest BCUT2D eigenvalue weighted by atomic mass is 35.5. The van der Waals surface area contributed by atoms with Crippen LogP contribution in [0.1, 0.15) is 35.5 Å². The molecular weight excluding hydrogens is 258 g/mol. The summed E-state index contributed by atoms with van der Waals surface area (Å²) in [6.45, 7) is 8.00. The van der Waals surface area contributed by atoms with Crippen molar-refractivity contribution in [2.24, 2.45) is 0 Å². The van der Waals surface area contributed by atoms with Crippen LogP contribution in [0.2, 0.25) is 5.15 Å². The number of nitrogens with zero attached hydrogens (tertiary/aromatic N) is 2. The maximum atomic E-state index is 6.09. The topological polar surface area (TPSA) is 37.8 Å². The van der Waals surface area contributed by atoms with Crippen molar-refractivity contribution in [1.29, 1.82) is 0 Å². The third-order valence-electron chi connectivity index (χ3n) is 3.21. The van der Waals surface area contributed by atoms with Gasteiger partial charge >= 0.3 is 0 Å². The van der Waals surface area contributed by atoms with Crippen molar-refractivity contribution in [3.05, 3.63) is 51.9 Å². The van der Waals surface area contributed by atoms with Crippen molar-refractivity contribution >= 4 is 17.4 Å². The van der Waals surface area contributed by atoms with Crippen LogP contribution in [0.15, 0.2) is 24.3 Å². The third kappa shape index (κ3) is 3.04. The molecule has 3 nitrogen and oxygen atoms in total. The van der Waals surface area contributed by atoms with Gasteiger partial charge in [0.1, 0.15) is 16.8 Å². The Morgan fingerprint density at radius 1 is 1.11 bits per heavy atom. The minimum Gasteiger partial charge on any atom is -0.363 e. The van der Waals surface area contributed by atoms with Crippen LogP contribution in [-0.4, -0.2) is 9.97 Å². The van der Waals surface area contributed by atoms with Gasteiger partial charge in [0, 0.05) is 5.56 Å². The highest BCUT2D eigenvalue weighted by Gasteiger charge is 2.12. The lowest BCUT2D eigenvalue weighted by molar-refractivity contribution is 0.854. The van der Waals surface area contributed by atoms with E-state index in [2.05, 4.69) is 41.3 Å². The van der Waals surface area contributed by atoms with Crippen molar-refractivity contribution < 1.29 is 0 Å². The van der Waals surface area contributed by atoms with Crippen LogP contribution in [-0.2, 0) is 0 Å². The van der Waals surface area contributed by atoms with Gasteiger partial charge < -0.3 is 5.32 Å². The first kappa shape index (κ1) is 13.8. The number of nitrogens with one attached hydrogen (secondary N) is 1. The lowest BCUT2D eigenvalue weighted by Crippen LogP contribution is -2.11. The van der Waals surface area contributed by atoms with Gasteiger partial charge in [0.25, 0.3) is 0 Å². The van der Waals surface area contributed by atoms with Gasteiger partial charge in [-0.05, 0) is 38.8 Å². The number of hydrogen-bond donors (Lipinski definition) is 1. The minimum absolute atomic E-state index is 0.172. The molecule has 0 radical (unpaired) electrons. The molecule has 1 aromatic carbocycles. The molecule has 0 saturated heterocycles. The second kappa shape index (κ2) is 5.57. The lowest BCUT2D eigenvalue weighted by atomic mass is 10.0. The molecule has 0 fully saturated rings. The quantitative estimate of drug-likeness (QED) is 0.852. The van der Waals surface area contributed by atoms with E-state index in [-0.39, 0.29) is 6.04 Å². The van der Waals surface area contributed by atoms with E-state index in [0.717, 1.165) is 11.4 Å². The molecule has 1 unspecified atom stereocenters. The normalized spacial score (nSPS) is 12.3. The van der Waals surface area contributed by atoms with E-state index >= 15 is 0 Å². The third-order valence-corrected chi connectivity index (χ3v) is 3.57. The van der Waals surface area contributed by atoms with Gasteiger partial charge in [-0.2, -0.15) is 0 Å². The fourth-order valence-electron chi connectivity index (χ4n) is 2.09. The molecule has 0 saturated carbocycles. The average Bonchev–Trinajstić information content (AvgIpc) is 2.35. The second-order valence-corrected chi connectivity index (χ2v) is 5.12. The summed E-state index contributed by atoms with van der Waals surface area (Å²) in [5.41, 5.74) is 3.40. The summed E-state index contributed by atoms with van der Waals surface area (Å²) in [4.78, 5) is 8.57. The van der Waals surface area contributed by atoms with Crippen LogP contribution >= 0.6 is 11.6 Å². The number of halogens is 1. The van der Waals surface area contributed by atoms with E-state index in [1.165, 1.54) is 11.1 Å². The number of anilines is 1. The van der Waals surface area contributed by atoms with E-state index in [0.29, 0.717) is 11.0 Å². The molecule has 0 aliphatic heterocycles. The van der Waals surface area contributed by atoms with Gasteiger partial charge in [-0.1, -0.05) is 35.9 Å². The zero-order valence-corrected chi connectivity index (χ0v) is 12.4. The Balaban J connectivity index is 2.29. The molecule has 0 spiro atoms. The second-order valence-electron chi connectivity index (χ2n) is 4.76. The Morgan fingerprint density at radius 3 is 2.47 bits per heavy atom. The smallest absolute Gasteiger partial charge is 0.137 e. The summed E-state index contributed by atoms with van der Waals surface area (Å²) in [6, 6.07) is 8.50. The summed E-state index contributed by atoms with van der Waals surface area (Å²) < 4.78 is 0. The van der Waals surface area contributed by atoms with Crippen LogP contribution in [0.4, 0.5) is 5.82 Å². The van der Waals surface area contributed by atoms with Gasteiger partial charge in [0.2, 0.25) is 0 Å². The molecule has 4 heteroatoms. The molecule has 1 atom stereocenters. The molecule has 100 valence electrons. The molecule has 0 bridgehead atoms. The largest absolute Gasteiger partial charge is 0.363 e. The van der Waals surface area contributed by atoms with Gasteiger partial charge in [0.15, 0.2) is 0 Å². The Labute approximate surface area is 119 Å². The predicted molar refractivity (Wildman–Crippen MR) is 79.7 cm³/mol. The lowest BCUT2D eigenvalue weighted by Gasteiger charge is -2.19. The van der Waals surface area contributed by atoms with E-state index in [1.54, 1.807) is 0 Å². The van der Waals surface area contributed by atoms with Crippen LogP contribution in [0, 0.1) is 20.8 Å². The fourth-order valence-corrected chi connectivity index (χ4v) is 2.30. The van der Waals surface area contributed by atoms with E-state index in [9.17, 15) is 0 Å². The molecule has 0 aliphatic rings. The summed E-state index contributed by atoms with van der Waals surface area (Å²) >= 11 is 6.09. The molecule has 1 N–H and O–H groups in total. The molecule has 0 amide bonds.